The zero-order valence-corrected chi connectivity index (χ0v) is 20.9. The van der Waals surface area contributed by atoms with Crippen LogP contribution in [-0.2, 0) is 9.53 Å². The van der Waals surface area contributed by atoms with Gasteiger partial charge in [-0.25, -0.2) is 0 Å². The molecule has 0 aromatic rings. The number of ether oxygens (including phenoxy) is 1. The lowest BCUT2D eigenvalue weighted by Crippen LogP contribution is -2.66. The van der Waals surface area contributed by atoms with Gasteiger partial charge in [0.25, 0.3) is 0 Å². The molecular weight excluding hydrogens is 495 g/mol. The van der Waals surface area contributed by atoms with E-state index in [-0.39, 0.29) is 6.42 Å². The van der Waals surface area contributed by atoms with Gasteiger partial charge >= 0.3 is 30.1 Å². The van der Waals surface area contributed by atoms with Crippen LogP contribution in [0.15, 0.2) is 0 Å². The van der Waals surface area contributed by atoms with Crippen molar-refractivity contribution in [3.05, 3.63) is 0 Å². The van der Waals surface area contributed by atoms with Crippen molar-refractivity contribution < 1.29 is 54.2 Å². The van der Waals surface area contributed by atoms with Crippen LogP contribution in [0.4, 0.5) is 39.5 Å². The first-order valence-corrected chi connectivity index (χ1v) is 11.4. The molecule has 3 nitrogen and oxygen atoms in total. The number of alkyl halides is 9. The van der Waals surface area contributed by atoms with Crippen LogP contribution < -0.4 is 0 Å². The molecule has 2 unspecified atom stereocenters. The Morgan fingerprint density at radius 2 is 1.14 bits per heavy atom. The Morgan fingerprint density at radius 3 is 1.43 bits per heavy atom. The summed E-state index contributed by atoms with van der Waals surface area (Å²) in [6.07, 6.45) is -20.8. The highest BCUT2D eigenvalue weighted by molar-refractivity contribution is 5.77. The van der Waals surface area contributed by atoms with Crippen LogP contribution in [0.25, 0.3) is 0 Å². The van der Waals surface area contributed by atoms with Crippen molar-refractivity contribution in [3.8, 4) is 0 Å². The summed E-state index contributed by atoms with van der Waals surface area (Å²) < 4.78 is 129. The van der Waals surface area contributed by atoms with Gasteiger partial charge in [-0.2, -0.15) is 39.5 Å². The summed E-state index contributed by atoms with van der Waals surface area (Å²) in [5.74, 6) is -6.30. The zero-order chi connectivity index (χ0) is 28.1. The van der Waals surface area contributed by atoms with E-state index in [1.165, 1.54) is 20.8 Å². The van der Waals surface area contributed by atoms with E-state index in [2.05, 4.69) is 4.74 Å². The molecule has 0 amide bonds. The van der Waals surface area contributed by atoms with Crippen LogP contribution in [0.2, 0.25) is 0 Å². The van der Waals surface area contributed by atoms with E-state index in [9.17, 15) is 49.4 Å². The largest absolute Gasteiger partial charge is 0.439 e. The summed E-state index contributed by atoms with van der Waals surface area (Å²) in [5, 5.41) is 9.85. The third-order valence-corrected chi connectivity index (χ3v) is 7.41. The van der Waals surface area contributed by atoms with E-state index in [4.69, 9.17) is 0 Å². The molecule has 1 rings (SSSR count). The molecule has 1 aliphatic rings. The SMILES string of the molecule is CC(C)C(C)(CC(C)(C)C)C(=O)OC(C1CCC(C(C)(O)C(F)(F)F)CC1)(C(F)(F)F)C(F)(F)F. The first kappa shape index (κ1) is 31.8. The lowest BCUT2D eigenvalue weighted by Gasteiger charge is -2.48. The summed E-state index contributed by atoms with van der Waals surface area (Å²) >= 11 is 0. The van der Waals surface area contributed by atoms with Crippen LogP contribution in [-0.4, -0.2) is 40.8 Å². The second kappa shape index (κ2) is 9.59. The predicted octanol–water partition coefficient (Wildman–Crippen LogP) is 7.61. The van der Waals surface area contributed by atoms with Crippen LogP contribution in [0.5, 0.6) is 0 Å². The minimum Gasteiger partial charge on any atom is -0.439 e. The molecule has 0 saturated heterocycles. The molecule has 35 heavy (non-hydrogen) atoms. The van der Waals surface area contributed by atoms with Crippen LogP contribution in [0, 0.1) is 28.6 Å². The Hall–Kier alpha value is -1.20. The first-order chi connectivity index (χ1) is 15.2. The van der Waals surface area contributed by atoms with Crippen molar-refractivity contribution in [1.82, 2.24) is 0 Å². The molecule has 1 fully saturated rings. The Bertz CT molecular complexity index is 723. The Morgan fingerprint density at radius 1 is 0.771 bits per heavy atom. The van der Waals surface area contributed by atoms with Crippen molar-refractivity contribution in [1.29, 1.82) is 0 Å². The number of esters is 1. The number of hydrogen-bond acceptors (Lipinski definition) is 3. The van der Waals surface area contributed by atoms with Gasteiger partial charge in [0.15, 0.2) is 5.60 Å². The lowest BCUT2D eigenvalue weighted by molar-refractivity contribution is -0.391. The summed E-state index contributed by atoms with van der Waals surface area (Å²) in [5.41, 5.74) is -10.5. The van der Waals surface area contributed by atoms with Gasteiger partial charge in [0.2, 0.25) is 0 Å². The molecule has 208 valence electrons. The molecule has 0 aromatic carbocycles. The highest BCUT2D eigenvalue weighted by atomic mass is 19.4. The second-order valence-corrected chi connectivity index (χ2v) is 11.6. The van der Waals surface area contributed by atoms with Crippen molar-refractivity contribution in [2.75, 3.05) is 0 Å². The number of rotatable bonds is 6. The molecule has 0 aromatic heterocycles. The quantitative estimate of drug-likeness (QED) is 0.284. The molecule has 1 saturated carbocycles. The van der Waals surface area contributed by atoms with E-state index in [1.54, 1.807) is 20.8 Å². The van der Waals surface area contributed by atoms with E-state index in [1.807, 2.05) is 0 Å². The Kier molecular flexibility index (Phi) is 8.72. The molecule has 0 aliphatic heterocycles. The molecule has 0 radical (unpaired) electrons. The predicted molar refractivity (Wildman–Crippen MR) is 110 cm³/mol. The topological polar surface area (TPSA) is 46.5 Å². The van der Waals surface area contributed by atoms with Crippen molar-refractivity contribution in [2.45, 2.75) is 110 Å². The molecule has 1 aliphatic carbocycles. The maximum absolute atomic E-state index is 14.2. The molecule has 2 atom stereocenters. The molecule has 1 N–H and O–H groups in total. The van der Waals surface area contributed by atoms with Crippen LogP contribution in [0.3, 0.4) is 0 Å². The third kappa shape index (κ3) is 6.21. The highest BCUT2D eigenvalue weighted by Crippen LogP contribution is 2.57. The first-order valence-electron chi connectivity index (χ1n) is 11.4. The standard InChI is InChI=1S/C23H35F9O3/c1-13(2)18(6,12-17(3,4)5)16(33)35-20(22(27,28)29,23(30,31)32)15-10-8-14(9-11-15)19(7,34)21(24,25)26/h13-15,34H,8-12H2,1-7H3. The van der Waals surface area contributed by atoms with E-state index in [0.717, 1.165) is 0 Å². The summed E-state index contributed by atoms with van der Waals surface area (Å²) in [7, 11) is 0. The summed E-state index contributed by atoms with van der Waals surface area (Å²) in [6, 6.07) is 0. The number of carbonyl (C=O) groups is 1. The summed E-state index contributed by atoms with van der Waals surface area (Å²) in [6.45, 7) is 9.70. The van der Waals surface area contributed by atoms with Gasteiger partial charge in [-0.3, -0.25) is 4.79 Å². The van der Waals surface area contributed by atoms with Gasteiger partial charge in [0.1, 0.15) is 0 Å². The maximum atomic E-state index is 14.2. The molecule has 0 bridgehead atoms. The van der Waals surface area contributed by atoms with Crippen molar-refractivity contribution >= 4 is 5.97 Å². The highest BCUT2D eigenvalue weighted by Gasteiger charge is 2.78. The average molecular weight is 531 g/mol. The summed E-state index contributed by atoms with van der Waals surface area (Å²) in [4.78, 5) is 13.1. The van der Waals surface area contributed by atoms with Gasteiger partial charge in [0.05, 0.1) is 5.41 Å². The van der Waals surface area contributed by atoms with Gasteiger partial charge in [0, 0.05) is 5.92 Å². The Balaban J connectivity index is 3.49. The minimum atomic E-state index is -6.08. The van der Waals surface area contributed by atoms with Gasteiger partial charge < -0.3 is 9.84 Å². The third-order valence-electron chi connectivity index (χ3n) is 7.41. The lowest BCUT2D eigenvalue weighted by atomic mass is 9.67. The molecule has 12 heteroatoms. The van der Waals surface area contributed by atoms with E-state index >= 15 is 0 Å². The number of hydrogen-bond donors (Lipinski definition) is 1. The fraction of sp³-hybridized carbons (Fsp3) is 0.957. The number of carbonyl (C=O) groups excluding carboxylic acids is 1. The Labute approximate surface area is 199 Å². The maximum Gasteiger partial charge on any atom is 0.437 e. The average Bonchev–Trinajstić information content (AvgIpc) is 2.61. The normalized spacial score (nSPS) is 24.6. The van der Waals surface area contributed by atoms with Crippen molar-refractivity contribution in [3.63, 3.8) is 0 Å². The second-order valence-electron chi connectivity index (χ2n) is 11.6. The van der Waals surface area contributed by atoms with E-state index in [0.29, 0.717) is 6.92 Å². The number of aliphatic hydroxyl groups is 1. The van der Waals surface area contributed by atoms with Crippen molar-refractivity contribution in [2.24, 2.45) is 28.6 Å². The number of halogens is 9. The smallest absolute Gasteiger partial charge is 0.437 e. The van der Waals surface area contributed by atoms with Crippen LogP contribution in [0.1, 0.15) is 80.6 Å². The fourth-order valence-electron chi connectivity index (χ4n) is 4.99. The van der Waals surface area contributed by atoms with Gasteiger partial charge in [-0.1, -0.05) is 34.6 Å². The fourth-order valence-corrected chi connectivity index (χ4v) is 4.99. The zero-order valence-electron chi connectivity index (χ0n) is 20.9. The molecular formula is C23H35F9O3. The van der Waals surface area contributed by atoms with Gasteiger partial charge in [-0.15, -0.1) is 0 Å². The minimum absolute atomic E-state index is 0.0660. The monoisotopic (exact) mass is 530 g/mol. The molecule has 0 heterocycles. The van der Waals surface area contributed by atoms with E-state index < -0.39 is 90.0 Å². The van der Waals surface area contributed by atoms with Crippen LogP contribution >= 0.6 is 0 Å². The van der Waals surface area contributed by atoms with Gasteiger partial charge in [-0.05, 0) is 63.2 Å². The molecule has 0 spiro atoms.